The fourth-order valence-corrected chi connectivity index (χ4v) is 7.95. The number of likely N-dealkylation sites (tertiary alicyclic amines) is 1. The molecule has 6 aromatic rings. The Kier molecular flexibility index (Phi) is 10.4. The van der Waals surface area contributed by atoms with Crippen LogP contribution in [0.5, 0.6) is 0 Å². The van der Waals surface area contributed by atoms with E-state index in [1.165, 1.54) is 0 Å². The molecule has 0 aliphatic carbocycles. The largest absolute Gasteiger partial charge is 0.368 e. The number of hydrogen-bond donors (Lipinski definition) is 4. The van der Waals surface area contributed by atoms with E-state index in [9.17, 15) is 19.2 Å². The molecule has 56 heavy (non-hydrogen) atoms. The maximum Gasteiger partial charge on any atom is 0.327 e. The first-order valence-electron chi connectivity index (χ1n) is 19.0. The number of nitrogens with one attached hydrogen (secondary N) is 4. The van der Waals surface area contributed by atoms with E-state index >= 15 is 0 Å². The minimum absolute atomic E-state index is 0.111. The second-order valence-electron chi connectivity index (χ2n) is 14.5. The number of H-pyrrole nitrogens is 2. The van der Waals surface area contributed by atoms with Crippen LogP contribution in [0.15, 0.2) is 90.5 Å². The molecular formula is C40H44N12O4. The molecule has 0 bridgehead atoms. The highest BCUT2D eigenvalue weighted by atomic mass is 16.2. The zero-order valence-corrected chi connectivity index (χ0v) is 31.1. The van der Waals surface area contributed by atoms with Crippen molar-refractivity contribution in [2.24, 2.45) is 0 Å². The van der Waals surface area contributed by atoms with Gasteiger partial charge in [0.05, 0.1) is 17.2 Å². The monoisotopic (exact) mass is 756 g/mol. The molecule has 5 aromatic heterocycles. The van der Waals surface area contributed by atoms with Crippen LogP contribution in [0, 0.1) is 6.92 Å². The Morgan fingerprint density at radius 1 is 0.821 bits per heavy atom. The van der Waals surface area contributed by atoms with Crippen molar-refractivity contribution in [2.75, 3.05) is 44.2 Å². The number of pyridine rings is 3. The summed E-state index contributed by atoms with van der Waals surface area (Å²) in [6.45, 7) is 5.01. The van der Waals surface area contributed by atoms with Gasteiger partial charge in [-0.25, -0.2) is 14.6 Å². The van der Waals surface area contributed by atoms with Gasteiger partial charge in [-0.15, -0.1) is 0 Å². The van der Waals surface area contributed by atoms with Crippen LogP contribution in [0.2, 0.25) is 0 Å². The first-order chi connectivity index (χ1) is 27.3. The molecule has 4 amide bonds. The number of rotatable bonds is 10. The number of imidazole rings is 1. The number of fused-ring (bicyclic) bond motifs is 2. The van der Waals surface area contributed by atoms with E-state index in [1.807, 2.05) is 49.4 Å². The predicted molar refractivity (Wildman–Crippen MR) is 210 cm³/mol. The Morgan fingerprint density at radius 2 is 1.54 bits per heavy atom. The number of amides is 4. The number of aromatic nitrogens is 7. The van der Waals surface area contributed by atoms with Crippen molar-refractivity contribution in [3.05, 3.63) is 113 Å². The number of piperidine rings is 1. The normalized spacial score (nSPS) is 16.2. The van der Waals surface area contributed by atoms with E-state index in [4.69, 9.17) is 0 Å². The van der Waals surface area contributed by atoms with Crippen LogP contribution in [-0.2, 0) is 22.4 Å². The van der Waals surface area contributed by atoms with Gasteiger partial charge in [-0.2, -0.15) is 5.10 Å². The van der Waals surface area contributed by atoms with Gasteiger partial charge in [0.25, 0.3) is 0 Å². The lowest BCUT2D eigenvalue weighted by molar-refractivity contribution is -0.137. The smallest absolute Gasteiger partial charge is 0.327 e. The summed E-state index contributed by atoms with van der Waals surface area (Å²) in [5.41, 5.74) is 5.63. The molecule has 0 spiro atoms. The molecule has 7 heterocycles. The summed E-state index contributed by atoms with van der Waals surface area (Å²) in [7, 11) is 0. The molecule has 2 fully saturated rings. The lowest BCUT2D eigenvalue weighted by Gasteiger charge is -2.38. The summed E-state index contributed by atoms with van der Waals surface area (Å²) in [6.07, 6.45) is 11.8. The van der Waals surface area contributed by atoms with Gasteiger partial charge in [0.15, 0.2) is 5.65 Å². The zero-order chi connectivity index (χ0) is 38.6. The molecule has 0 radical (unpaired) electrons. The van der Waals surface area contributed by atoms with Crippen LogP contribution in [0.25, 0.3) is 22.1 Å². The number of nitrogens with zero attached hydrogens (tertiary/aromatic N) is 8. The van der Waals surface area contributed by atoms with E-state index in [0.29, 0.717) is 57.8 Å². The molecule has 2 aliphatic heterocycles. The third kappa shape index (κ3) is 7.80. The number of carbonyl (C=O) groups excluding carboxylic acids is 3. The first-order valence-corrected chi connectivity index (χ1v) is 19.0. The van der Waals surface area contributed by atoms with Crippen LogP contribution >= 0.6 is 0 Å². The molecule has 2 aliphatic rings. The topological polar surface area (TPSA) is 190 Å². The maximum absolute atomic E-state index is 14.5. The number of aryl methyl sites for hydroxylation is 1. The van der Waals surface area contributed by atoms with E-state index < -0.39 is 18.0 Å². The molecule has 1 aromatic carbocycles. The van der Waals surface area contributed by atoms with Crippen LogP contribution in [0.3, 0.4) is 0 Å². The number of anilines is 1. The number of urea groups is 1. The van der Waals surface area contributed by atoms with E-state index in [1.54, 1.807) is 57.6 Å². The van der Waals surface area contributed by atoms with Gasteiger partial charge in [0, 0.05) is 100 Å². The summed E-state index contributed by atoms with van der Waals surface area (Å²) in [5, 5.41) is 14.2. The Balaban J connectivity index is 1.00. The molecular weight excluding hydrogens is 713 g/mol. The second kappa shape index (κ2) is 16.0. The van der Waals surface area contributed by atoms with Gasteiger partial charge in [-0.1, -0.05) is 6.07 Å². The number of carbonyl (C=O) groups is 3. The molecule has 0 saturated carbocycles. The average molecular weight is 757 g/mol. The van der Waals surface area contributed by atoms with Crippen LogP contribution in [0.4, 0.5) is 10.5 Å². The highest BCUT2D eigenvalue weighted by molar-refractivity contribution is 5.92. The number of piperazine rings is 1. The summed E-state index contributed by atoms with van der Waals surface area (Å²) in [4.78, 5) is 76.6. The van der Waals surface area contributed by atoms with Crippen molar-refractivity contribution in [1.82, 2.24) is 55.1 Å². The lowest BCUT2D eigenvalue weighted by Crippen LogP contribution is -2.59. The highest BCUT2D eigenvalue weighted by Crippen LogP contribution is 2.25. The first kappa shape index (κ1) is 36.4. The Bertz CT molecular complexity index is 2380. The van der Waals surface area contributed by atoms with Gasteiger partial charge >= 0.3 is 11.7 Å². The fraction of sp³-hybridized carbons (Fsp3) is 0.350. The van der Waals surface area contributed by atoms with Crippen molar-refractivity contribution in [1.29, 1.82) is 0 Å². The molecule has 288 valence electrons. The number of aromatic amines is 2. The van der Waals surface area contributed by atoms with Gasteiger partial charge in [-0.3, -0.25) is 34.2 Å². The van der Waals surface area contributed by atoms with Crippen molar-refractivity contribution in [3.8, 4) is 0 Å². The van der Waals surface area contributed by atoms with Crippen LogP contribution in [-0.4, -0.2) is 114 Å². The quantitative estimate of drug-likeness (QED) is 0.163. The second-order valence-corrected chi connectivity index (χ2v) is 14.5. The van der Waals surface area contributed by atoms with E-state index in [2.05, 4.69) is 45.7 Å². The van der Waals surface area contributed by atoms with Gasteiger partial charge in [-0.05, 0) is 78.9 Å². The molecule has 16 heteroatoms. The molecule has 16 nitrogen and oxygen atoms in total. The van der Waals surface area contributed by atoms with Crippen molar-refractivity contribution in [3.63, 3.8) is 0 Å². The standard InChI is InChI=1S/C40H44N12O4/c1-26-21-28(22-29-25-44-48-35(26)29)24-32(46-39(55)51-15-8-31(9-16-51)52-34-3-2-10-43-36(34)47-40(52)56)37(53)45-33(23-27-4-11-41-12-5-27)38(54)50-19-17-49(18-20-50)30-6-13-42-14-7-30/h2-7,10-14,21-22,25,31-33H,8-9,15-20,23-24H2,1H3,(H,44,48)(H,45,53)(H,46,55)(H,43,47,56)/t32-,33+/m1/s1. The van der Waals surface area contributed by atoms with E-state index in [-0.39, 0.29) is 36.5 Å². The third-order valence-electron chi connectivity index (χ3n) is 10.9. The molecule has 2 saturated heterocycles. The number of benzene rings is 1. The van der Waals surface area contributed by atoms with Crippen LogP contribution in [0.1, 0.15) is 35.6 Å². The Labute approximate surface area is 322 Å². The van der Waals surface area contributed by atoms with Gasteiger partial charge < -0.3 is 25.3 Å². The third-order valence-corrected chi connectivity index (χ3v) is 10.9. The summed E-state index contributed by atoms with van der Waals surface area (Å²) in [6, 6.07) is 12.8. The summed E-state index contributed by atoms with van der Waals surface area (Å²) >= 11 is 0. The van der Waals surface area contributed by atoms with Gasteiger partial charge in [0.1, 0.15) is 12.1 Å². The van der Waals surface area contributed by atoms with Crippen molar-refractivity contribution >= 4 is 45.6 Å². The van der Waals surface area contributed by atoms with Crippen LogP contribution < -0.4 is 21.2 Å². The summed E-state index contributed by atoms with van der Waals surface area (Å²) in [5.74, 6) is -0.645. The van der Waals surface area contributed by atoms with Crippen molar-refractivity contribution < 1.29 is 14.4 Å². The highest BCUT2D eigenvalue weighted by Gasteiger charge is 2.33. The summed E-state index contributed by atoms with van der Waals surface area (Å²) < 4.78 is 1.72. The average Bonchev–Trinajstić information content (AvgIpc) is 3.85. The minimum Gasteiger partial charge on any atom is -0.368 e. The minimum atomic E-state index is -0.998. The molecule has 4 N–H and O–H groups in total. The molecule has 2 atom stereocenters. The maximum atomic E-state index is 14.5. The molecule has 0 unspecified atom stereocenters. The zero-order valence-electron chi connectivity index (χ0n) is 31.1. The Morgan fingerprint density at radius 3 is 2.29 bits per heavy atom. The van der Waals surface area contributed by atoms with E-state index in [0.717, 1.165) is 38.8 Å². The lowest BCUT2D eigenvalue weighted by atomic mass is 9.99. The molecule has 8 rings (SSSR count). The van der Waals surface area contributed by atoms with Crippen molar-refractivity contribution in [2.45, 2.75) is 50.7 Å². The predicted octanol–water partition coefficient (Wildman–Crippen LogP) is 2.73. The Hall–Kier alpha value is -6.58. The van der Waals surface area contributed by atoms with Gasteiger partial charge in [0.2, 0.25) is 11.8 Å². The SMILES string of the molecule is Cc1cc(C[C@@H](NC(=O)N2CCC(n3c(=O)[nH]c4ncccc43)CC2)C(=O)N[C@@H](Cc2ccncc2)C(=O)N2CCN(c3ccncc3)CC2)cc2cn[nH]c12. The fourth-order valence-electron chi connectivity index (χ4n) is 7.95. The number of hydrogen-bond acceptors (Lipinski definition) is 9.